The van der Waals surface area contributed by atoms with Gasteiger partial charge in [-0.2, -0.15) is 0 Å². The summed E-state index contributed by atoms with van der Waals surface area (Å²) >= 11 is 0. The van der Waals surface area contributed by atoms with E-state index in [-0.39, 0.29) is 17.9 Å². The molecule has 0 bridgehead atoms. The molecule has 2 heterocycles. The van der Waals surface area contributed by atoms with Gasteiger partial charge in [0, 0.05) is 17.6 Å². The summed E-state index contributed by atoms with van der Waals surface area (Å²) in [5, 5.41) is 11.7. The summed E-state index contributed by atoms with van der Waals surface area (Å²) in [6, 6.07) is 8.03. The molecule has 0 atom stereocenters. The van der Waals surface area contributed by atoms with Gasteiger partial charge in [-0.15, -0.1) is 5.10 Å². The van der Waals surface area contributed by atoms with E-state index in [0.717, 1.165) is 24.5 Å². The summed E-state index contributed by atoms with van der Waals surface area (Å²) < 4.78 is 1.60. The van der Waals surface area contributed by atoms with Gasteiger partial charge in [-0.3, -0.25) is 4.79 Å². The first-order valence-corrected chi connectivity index (χ1v) is 7.12. The van der Waals surface area contributed by atoms with Crippen LogP contribution in [-0.4, -0.2) is 32.7 Å². The Kier molecular flexibility index (Phi) is 3.23. The number of anilines is 1. The Bertz CT molecular complexity index is 671. The zero-order chi connectivity index (χ0) is 15.0. The second-order valence-electron chi connectivity index (χ2n) is 6.33. The Hall–Kier alpha value is -2.24. The number of aromatic nitrogens is 4. The first-order valence-electron chi connectivity index (χ1n) is 7.12. The third-order valence-corrected chi connectivity index (χ3v) is 3.68. The Morgan fingerprint density at radius 2 is 2.05 bits per heavy atom. The summed E-state index contributed by atoms with van der Waals surface area (Å²) in [6.07, 6.45) is 0.906. The molecule has 0 saturated carbocycles. The predicted octanol–water partition coefficient (Wildman–Crippen LogP) is 1.56. The van der Waals surface area contributed by atoms with E-state index in [1.165, 1.54) is 5.56 Å². The molecule has 0 saturated heterocycles. The zero-order valence-corrected chi connectivity index (χ0v) is 12.6. The molecule has 2 aromatic rings. The maximum absolute atomic E-state index is 12.6. The number of hydrogen-bond donors (Lipinski definition) is 0. The van der Waals surface area contributed by atoms with Crippen LogP contribution in [-0.2, 0) is 23.2 Å². The molecule has 1 amide bonds. The molecule has 0 N–H and O–H groups in total. The highest BCUT2D eigenvalue weighted by Gasteiger charge is 2.27. The van der Waals surface area contributed by atoms with E-state index in [9.17, 15) is 4.79 Å². The van der Waals surface area contributed by atoms with Crippen molar-refractivity contribution in [1.82, 2.24) is 20.2 Å². The molecular formula is C15H19N5O. The Balaban J connectivity index is 1.81. The Morgan fingerprint density at radius 1 is 1.29 bits per heavy atom. The second kappa shape index (κ2) is 4.95. The SMILES string of the molecule is CC(C)(C)c1nnnn1CC(=O)N1CCc2ccccc21. The largest absolute Gasteiger partial charge is 0.310 e. The molecule has 3 rings (SSSR count). The standard InChI is InChI=1S/C15H19N5O/c1-15(2,3)14-16-17-18-20(14)10-13(21)19-9-8-11-6-4-5-7-12(11)19/h4-7H,8-10H2,1-3H3. The van der Waals surface area contributed by atoms with E-state index in [2.05, 4.69) is 21.6 Å². The van der Waals surface area contributed by atoms with Gasteiger partial charge in [0.05, 0.1) is 0 Å². The van der Waals surface area contributed by atoms with Crippen LogP contribution in [0.4, 0.5) is 5.69 Å². The van der Waals surface area contributed by atoms with E-state index in [1.807, 2.05) is 43.9 Å². The number of rotatable bonds is 2. The molecule has 1 aliphatic heterocycles. The van der Waals surface area contributed by atoms with Crippen LogP contribution in [0.2, 0.25) is 0 Å². The summed E-state index contributed by atoms with van der Waals surface area (Å²) in [5.41, 5.74) is 2.04. The fourth-order valence-corrected chi connectivity index (χ4v) is 2.66. The fraction of sp³-hybridized carbons (Fsp3) is 0.467. The fourth-order valence-electron chi connectivity index (χ4n) is 2.66. The van der Waals surface area contributed by atoms with Gasteiger partial charge in [0.2, 0.25) is 5.91 Å². The van der Waals surface area contributed by atoms with Crippen LogP contribution in [0, 0.1) is 0 Å². The van der Waals surface area contributed by atoms with Crippen LogP contribution < -0.4 is 4.90 Å². The molecule has 0 spiro atoms. The summed E-state index contributed by atoms with van der Waals surface area (Å²) in [4.78, 5) is 14.4. The average Bonchev–Trinajstić information content (AvgIpc) is 3.03. The van der Waals surface area contributed by atoms with E-state index in [4.69, 9.17) is 0 Å². The highest BCUT2D eigenvalue weighted by Crippen LogP contribution is 2.28. The maximum atomic E-state index is 12.6. The van der Waals surface area contributed by atoms with Crippen molar-refractivity contribution >= 4 is 11.6 Å². The molecule has 21 heavy (non-hydrogen) atoms. The maximum Gasteiger partial charge on any atom is 0.248 e. The van der Waals surface area contributed by atoms with Gasteiger partial charge in [-0.25, -0.2) is 4.68 Å². The van der Waals surface area contributed by atoms with Crippen LogP contribution in [0.25, 0.3) is 0 Å². The molecule has 1 aliphatic rings. The van der Waals surface area contributed by atoms with Gasteiger partial charge in [0.1, 0.15) is 6.54 Å². The minimum absolute atomic E-state index is 0.0257. The van der Waals surface area contributed by atoms with E-state index < -0.39 is 0 Å². The van der Waals surface area contributed by atoms with Gasteiger partial charge < -0.3 is 4.90 Å². The minimum atomic E-state index is -0.188. The topological polar surface area (TPSA) is 63.9 Å². The van der Waals surface area contributed by atoms with Gasteiger partial charge in [0.25, 0.3) is 0 Å². The number of nitrogens with zero attached hydrogens (tertiary/aromatic N) is 5. The molecule has 1 aromatic heterocycles. The van der Waals surface area contributed by atoms with Crippen molar-refractivity contribution in [3.05, 3.63) is 35.7 Å². The van der Waals surface area contributed by atoms with Crippen molar-refractivity contribution in [2.45, 2.75) is 39.2 Å². The van der Waals surface area contributed by atoms with Gasteiger partial charge in [-0.1, -0.05) is 39.0 Å². The van der Waals surface area contributed by atoms with E-state index in [0.29, 0.717) is 0 Å². The summed E-state index contributed by atoms with van der Waals surface area (Å²) in [6.45, 7) is 7.00. The lowest BCUT2D eigenvalue weighted by Gasteiger charge is -2.20. The van der Waals surface area contributed by atoms with E-state index in [1.54, 1.807) is 4.68 Å². The van der Waals surface area contributed by atoms with Crippen LogP contribution >= 0.6 is 0 Å². The highest BCUT2D eigenvalue weighted by molar-refractivity contribution is 5.95. The van der Waals surface area contributed by atoms with Crippen LogP contribution in [0.3, 0.4) is 0 Å². The molecule has 0 radical (unpaired) electrons. The number of amides is 1. The Labute approximate surface area is 123 Å². The summed E-state index contributed by atoms with van der Waals surface area (Å²) in [5.74, 6) is 0.751. The first-order chi connectivity index (χ1) is 9.97. The number of carbonyl (C=O) groups excluding carboxylic acids is 1. The lowest BCUT2D eigenvalue weighted by Crippen LogP contribution is -2.34. The van der Waals surface area contributed by atoms with Crippen molar-refractivity contribution in [1.29, 1.82) is 0 Å². The monoisotopic (exact) mass is 285 g/mol. The number of carbonyl (C=O) groups is 1. The average molecular weight is 285 g/mol. The predicted molar refractivity (Wildman–Crippen MR) is 79.0 cm³/mol. The smallest absolute Gasteiger partial charge is 0.248 e. The lowest BCUT2D eigenvalue weighted by molar-refractivity contribution is -0.119. The van der Waals surface area contributed by atoms with E-state index >= 15 is 0 Å². The van der Waals surface area contributed by atoms with Crippen molar-refractivity contribution in [2.75, 3.05) is 11.4 Å². The molecule has 1 aromatic carbocycles. The molecule has 0 unspecified atom stereocenters. The van der Waals surface area contributed by atoms with Crippen molar-refractivity contribution < 1.29 is 4.79 Å². The van der Waals surface area contributed by atoms with Gasteiger partial charge in [-0.05, 0) is 28.5 Å². The number of tetrazole rings is 1. The summed E-state index contributed by atoms with van der Waals surface area (Å²) in [7, 11) is 0. The molecule has 0 aliphatic carbocycles. The van der Waals surface area contributed by atoms with Crippen LogP contribution in [0.15, 0.2) is 24.3 Å². The third kappa shape index (κ3) is 2.53. The molecule has 6 heteroatoms. The van der Waals surface area contributed by atoms with Gasteiger partial charge >= 0.3 is 0 Å². The number of fused-ring (bicyclic) bond motifs is 1. The van der Waals surface area contributed by atoms with Crippen LogP contribution in [0.1, 0.15) is 32.2 Å². The molecule has 6 nitrogen and oxygen atoms in total. The zero-order valence-electron chi connectivity index (χ0n) is 12.6. The quantitative estimate of drug-likeness (QED) is 0.840. The van der Waals surface area contributed by atoms with Crippen molar-refractivity contribution in [3.8, 4) is 0 Å². The minimum Gasteiger partial charge on any atom is -0.310 e. The Morgan fingerprint density at radius 3 is 2.81 bits per heavy atom. The van der Waals surface area contributed by atoms with Crippen LogP contribution in [0.5, 0.6) is 0 Å². The highest BCUT2D eigenvalue weighted by atomic mass is 16.2. The normalized spacial score (nSPS) is 14.3. The number of benzene rings is 1. The first kappa shape index (κ1) is 13.7. The number of para-hydroxylation sites is 1. The number of hydrogen-bond acceptors (Lipinski definition) is 4. The lowest BCUT2D eigenvalue weighted by atomic mass is 9.96. The third-order valence-electron chi connectivity index (χ3n) is 3.68. The van der Waals surface area contributed by atoms with Crippen molar-refractivity contribution in [3.63, 3.8) is 0 Å². The molecular weight excluding hydrogens is 266 g/mol. The second-order valence-corrected chi connectivity index (χ2v) is 6.33. The molecule has 110 valence electrons. The molecule has 0 fully saturated rings. The van der Waals surface area contributed by atoms with Crippen molar-refractivity contribution in [2.24, 2.45) is 0 Å². The van der Waals surface area contributed by atoms with Gasteiger partial charge in [0.15, 0.2) is 5.82 Å².